The molecule has 0 spiro atoms. The van der Waals surface area contributed by atoms with E-state index in [9.17, 15) is 4.79 Å². The fraction of sp³-hybridized carbons (Fsp3) is 0.900. The van der Waals surface area contributed by atoms with E-state index in [1.54, 1.807) is 6.92 Å². The minimum absolute atomic E-state index is 0.0622. The molecule has 3 nitrogen and oxygen atoms in total. The van der Waals surface area contributed by atoms with Crippen LogP contribution in [0.5, 0.6) is 0 Å². The second kappa shape index (κ2) is 5.97. The Morgan fingerprint density at radius 1 is 1.46 bits per heavy atom. The molecule has 2 atom stereocenters. The van der Waals surface area contributed by atoms with Gasteiger partial charge in [0.15, 0.2) is 0 Å². The first-order valence-electron chi connectivity index (χ1n) is 4.89. The van der Waals surface area contributed by atoms with Crippen molar-refractivity contribution in [2.45, 2.75) is 33.2 Å². The van der Waals surface area contributed by atoms with Crippen molar-refractivity contribution in [2.75, 3.05) is 20.6 Å². The minimum Gasteiger partial charge on any atom is -0.352 e. The summed E-state index contributed by atoms with van der Waals surface area (Å²) in [6, 6.07) is 0.275. The number of nitrogens with zero attached hydrogens (tertiary/aromatic N) is 1. The van der Waals surface area contributed by atoms with Crippen LogP contribution in [0.2, 0.25) is 0 Å². The van der Waals surface area contributed by atoms with Gasteiger partial charge < -0.3 is 10.2 Å². The molecule has 2 unspecified atom stereocenters. The van der Waals surface area contributed by atoms with Gasteiger partial charge in [-0.2, -0.15) is 0 Å². The van der Waals surface area contributed by atoms with E-state index in [0.717, 1.165) is 13.0 Å². The van der Waals surface area contributed by atoms with Crippen LogP contribution in [0, 0.1) is 5.92 Å². The van der Waals surface area contributed by atoms with Crippen molar-refractivity contribution in [1.82, 2.24) is 10.2 Å². The lowest BCUT2D eigenvalue weighted by Crippen LogP contribution is -2.44. The molecule has 0 aliphatic heterocycles. The molecule has 0 rings (SSSR count). The zero-order valence-corrected chi connectivity index (χ0v) is 9.42. The van der Waals surface area contributed by atoms with Gasteiger partial charge in [-0.15, -0.1) is 0 Å². The summed E-state index contributed by atoms with van der Waals surface area (Å²) in [5.74, 6) is 0.596. The summed E-state index contributed by atoms with van der Waals surface area (Å²) in [5.41, 5.74) is 0. The Morgan fingerprint density at radius 3 is 2.31 bits per heavy atom. The van der Waals surface area contributed by atoms with E-state index in [0.29, 0.717) is 5.92 Å². The van der Waals surface area contributed by atoms with Crippen LogP contribution in [0.25, 0.3) is 0 Å². The summed E-state index contributed by atoms with van der Waals surface area (Å²) >= 11 is 0. The average molecular weight is 186 g/mol. The number of rotatable bonds is 5. The molecular weight excluding hydrogens is 164 g/mol. The zero-order valence-electron chi connectivity index (χ0n) is 9.42. The molecule has 3 heteroatoms. The van der Waals surface area contributed by atoms with E-state index in [1.807, 2.05) is 14.1 Å². The number of amides is 1. The van der Waals surface area contributed by atoms with E-state index in [1.165, 1.54) is 0 Å². The van der Waals surface area contributed by atoms with Crippen molar-refractivity contribution < 1.29 is 4.79 Å². The van der Waals surface area contributed by atoms with Crippen molar-refractivity contribution in [3.63, 3.8) is 0 Å². The standard InChI is InChI=1S/C10H22N2O/c1-6-8(2)10(7-12(4)5)11-9(3)13/h8,10H,6-7H2,1-5H3,(H,11,13). The van der Waals surface area contributed by atoms with Crippen LogP contribution in [0.15, 0.2) is 0 Å². The first kappa shape index (κ1) is 12.4. The average Bonchev–Trinajstić information content (AvgIpc) is 2.00. The van der Waals surface area contributed by atoms with Crippen LogP contribution in [0.1, 0.15) is 27.2 Å². The maximum Gasteiger partial charge on any atom is 0.217 e. The molecule has 0 aliphatic carbocycles. The summed E-state index contributed by atoms with van der Waals surface area (Å²) in [5, 5.41) is 2.98. The van der Waals surface area contributed by atoms with E-state index >= 15 is 0 Å². The Kier molecular flexibility index (Phi) is 5.71. The van der Waals surface area contributed by atoms with Gasteiger partial charge in [0.05, 0.1) is 0 Å². The van der Waals surface area contributed by atoms with Crippen molar-refractivity contribution in [1.29, 1.82) is 0 Å². The highest BCUT2D eigenvalue weighted by atomic mass is 16.1. The van der Waals surface area contributed by atoms with Gasteiger partial charge in [-0.05, 0) is 20.0 Å². The number of likely N-dealkylation sites (N-methyl/N-ethyl adjacent to an activating group) is 1. The molecule has 0 saturated carbocycles. The van der Waals surface area contributed by atoms with Crippen molar-refractivity contribution in [3.05, 3.63) is 0 Å². The molecule has 0 aliphatic rings. The molecule has 13 heavy (non-hydrogen) atoms. The fourth-order valence-corrected chi connectivity index (χ4v) is 1.31. The maximum absolute atomic E-state index is 10.9. The lowest BCUT2D eigenvalue weighted by Gasteiger charge is -2.26. The summed E-state index contributed by atoms with van der Waals surface area (Å²) in [7, 11) is 4.05. The summed E-state index contributed by atoms with van der Waals surface area (Å²) < 4.78 is 0. The second-order valence-electron chi connectivity index (χ2n) is 3.95. The van der Waals surface area contributed by atoms with Crippen molar-refractivity contribution in [3.8, 4) is 0 Å². The van der Waals surface area contributed by atoms with Crippen LogP contribution in [0.4, 0.5) is 0 Å². The minimum atomic E-state index is 0.0622. The number of carbonyl (C=O) groups is 1. The molecule has 0 heterocycles. The highest BCUT2D eigenvalue weighted by Gasteiger charge is 2.16. The van der Waals surface area contributed by atoms with Gasteiger partial charge in [0.2, 0.25) is 5.91 Å². The first-order chi connectivity index (χ1) is 5.97. The highest BCUT2D eigenvalue weighted by molar-refractivity contribution is 5.73. The largest absolute Gasteiger partial charge is 0.352 e. The van der Waals surface area contributed by atoms with Crippen LogP contribution >= 0.6 is 0 Å². The third-order valence-corrected chi connectivity index (χ3v) is 2.28. The molecule has 0 radical (unpaired) electrons. The summed E-state index contributed by atoms with van der Waals surface area (Å²) in [4.78, 5) is 13.0. The topological polar surface area (TPSA) is 32.3 Å². The molecule has 0 fully saturated rings. The third-order valence-electron chi connectivity index (χ3n) is 2.28. The van der Waals surface area contributed by atoms with Gasteiger partial charge in [0.1, 0.15) is 0 Å². The Balaban J connectivity index is 4.10. The Bertz CT molecular complexity index is 157. The van der Waals surface area contributed by atoms with Crippen molar-refractivity contribution >= 4 is 5.91 Å². The number of carbonyl (C=O) groups excluding carboxylic acids is 1. The van der Waals surface area contributed by atoms with Crippen LogP contribution in [-0.2, 0) is 4.79 Å². The third kappa shape index (κ3) is 5.64. The number of hydrogen-bond acceptors (Lipinski definition) is 2. The predicted molar refractivity (Wildman–Crippen MR) is 55.6 cm³/mol. The van der Waals surface area contributed by atoms with Crippen LogP contribution in [-0.4, -0.2) is 37.5 Å². The normalized spacial score (nSPS) is 15.5. The number of hydrogen-bond donors (Lipinski definition) is 1. The number of nitrogens with one attached hydrogen (secondary N) is 1. The van der Waals surface area contributed by atoms with Gasteiger partial charge in [0, 0.05) is 19.5 Å². The van der Waals surface area contributed by atoms with Gasteiger partial charge in [-0.3, -0.25) is 4.79 Å². The molecule has 0 bridgehead atoms. The molecule has 1 N–H and O–H groups in total. The SMILES string of the molecule is CCC(C)C(CN(C)C)NC(C)=O. The Morgan fingerprint density at radius 2 is 2.00 bits per heavy atom. The van der Waals surface area contributed by atoms with Gasteiger partial charge in [0.25, 0.3) is 0 Å². The zero-order chi connectivity index (χ0) is 10.4. The molecule has 0 aromatic carbocycles. The van der Waals surface area contributed by atoms with Crippen molar-refractivity contribution in [2.24, 2.45) is 5.92 Å². The molecule has 1 amide bonds. The first-order valence-corrected chi connectivity index (χ1v) is 4.89. The predicted octanol–water partition coefficient (Wildman–Crippen LogP) is 1.10. The van der Waals surface area contributed by atoms with E-state index in [-0.39, 0.29) is 11.9 Å². The lowest BCUT2D eigenvalue weighted by atomic mass is 9.99. The van der Waals surface area contributed by atoms with Gasteiger partial charge in [-0.1, -0.05) is 20.3 Å². The molecule has 0 saturated heterocycles. The van der Waals surface area contributed by atoms with E-state index < -0.39 is 0 Å². The van der Waals surface area contributed by atoms with E-state index in [4.69, 9.17) is 0 Å². The fourth-order valence-electron chi connectivity index (χ4n) is 1.31. The Labute approximate surface area is 81.5 Å². The van der Waals surface area contributed by atoms with Gasteiger partial charge in [-0.25, -0.2) is 0 Å². The summed E-state index contributed by atoms with van der Waals surface area (Å²) in [6.45, 7) is 6.80. The van der Waals surface area contributed by atoms with E-state index in [2.05, 4.69) is 24.1 Å². The van der Waals surface area contributed by atoms with Crippen LogP contribution in [0.3, 0.4) is 0 Å². The Hall–Kier alpha value is -0.570. The molecule has 0 aromatic heterocycles. The molecular formula is C10H22N2O. The smallest absolute Gasteiger partial charge is 0.217 e. The summed E-state index contributed by atoms with van der Waals surface area (Å²) in [6.07, 6.45) is 1.10. The monoisotopic (exact) mass is 186 g/mol. The molecule has 0 aromatic rings. The highest BCUT2D eigenvalue weighted by Crippen LogP contribution is 2.08. The van der Waals surface area contributed by atoms with Gasteiger partial charge >= 0.3 is 0 Å². The molecule has 78 valence electrons. The second-order valence-corrected chi connectivity index (χ2v) is 3.95. The lowest BCUT2D eigenvalue weighted by molar-refractivity contribution is -0.120. The van der Waals surface area contributed by atoms with Crippen LogP contribution < -0.4 is 5.32 Å². The quantitative estimate of drug-likeness (QED) is 0.697. The maximum atomic E-state index is 10.9.